The van der Waals surface area contributed by atoms with Crippen LogP contribution in [0.1, 0.15) is 5.69 Å². The van der Waals surface area contributed by atoms with Gasteiger partial charge in [0.15, 0.2) is 0 Å². The SMILES string of the molecule is COc1cccc(-c2nc(Br)c(CO)n2C)c1. The van der Waals surface area contributed by atoms with Crippen molar-refractivity contribution in [2.75, 3.05) is 7.11 Å². The lowest BCUT2D eigenvalue weighted by molar-refractivity contribution is 0.272. The zero-order valence-electron chi connectivity index (χ0n) is 9.64. The van der Waals surface area contributed by atoms with Gasteiger partial charge < -0.3 is 14.4 Å². The number of rotatable bonds is 3. The minimum atomic E-state index is -0.0476. The lowest BCUT2D eigenvalue weighted by Gasteiger charge is -2.05. The van der Waals surface area contributed by atoms with Crippen LogP contribution in [0.2, 0.25) is 0 Å². The molecule has 0 saturated carbocycles. The van der Waals surface area contributed by atoms with Gasteiger partial charge in [-0.25, -0.2) is 4.98 Å². The normalized spacial score (nSPS) is 10.6. The number of aromatic nitrogens is 2. The fraction of sp³-hybridized carbons (Fsp3) is 0.250. The molecule has 0 fully saturated rings. The van der Waals surface area contributed by atoms with Crippen LogP contribution in [0.3, 0.4) is 0 Å². The Morgan fingerprint density at radius 3 is 2.82 bits per heavy atom. The molecule has 0 bridgehead atoms. The van der Waals surface area contributed by atoms with Crippen molar-refractivity contribution in [1.29, 1.82) is 0 Å². The Morgan fingerprint density at radius 1 is 1.47 bits per heavy atom. The third-order valence-corrected chi connectivity index (χ3v) is 3.28. The Balaban J connectivity index is 2.52. The number of aliphatic hydroxyl groups excluding tert-OH is 1. The average Bonchev–Trinajstić information content (AvgIpc) is 2.64. The molecule has 0 atom stereocenters. The molecule has 2 aromatic rings. The summed E-state index contributed by atoms with van der Waals surface area (Å²) in [5.74, 6) is 1.58. The molecule has 0 radical (unpaired) electrons. The molecule has 90 valence electrons. The average molecular weight is 297 g/mol. The summed E-state index contributed by atoms with van der Waals surface area (Å²) < 4.78 is 7.71. The number of ether oxygens (including phenoxy) is 1. The smallest absolute Gasteiger partial charge is 0.141 e. The molecule has 0 aliphatic rings. The van der Waals surface area contributed by atoms with Crippen LogP contribution in [-0.4, -0.2) is 21.8 Å². The predicted octanol–water partition coefficient (Wildman–Crippen LogP) is 2.35. The van der Waals surface area contributed by atoms with Gasteiger partial charge in [0.2, 0.25) is 0 Å². The van der Waals surface area contributed by atoms with Gasteiger partial charge in [0, 0.05) is 12.6 Å². The monoisotopic (exact) mass is 296 g/mol. The van der Waals surface area contributed by atoms with E-state index in [1.165, 1.54) is 0 Å². The summed E-state index contributed by atoms with van der Waals surface area (Å²) in [6, 6.07) is 7.66. The van der Waals surface area contributed by atoms with Crippen LogP contribution in [0.4, 0.5) is 0 Å². The summed E-state index contributed by atoms with van der Waals surface area (Å²) in [6.45, 7) is -0.0476. The van der Waals surface area contributed by atoms with E-state index in [-0.39, 0.29) is 6.61 Å². The Bertz CT molecular complexity index is 537. The van der Waals surface area contributed by atoms with Crippen molar-refractivity contribution in [3.8, 4) is 17.1 Å². The van der Waals surface area contributed by atoms with Crippen molar-refractivity contribution in [2.24, 2.45) is 7.05 Å². The number of imidazole rings is 1. The highest BCUT2D eigenvalue weighted by Gasteiger charge is 2.13. The van der Waals surface area contributed by atoms with E-state index >= 15 is 0 Å². The van der Waals surface area contributed by atoms with Gasteiger partial charge in [0.05, 0.1) is 19.4 Å². The Labute approximate surface area is 108 Å². The quantitative estimate of drug-likeness (QED) is 0.946. The van der Waals surface area contributed by atoms with Crippen LogP contribution < -0.4 is 4.74 Å². The summed E-state index contributed by atoms with van der Waals surface area (Å²) in [4.78, 5) is 4.39. The molecule has 2 rings (SSSR count). The molecule has 0 amide bonds. The largest absolute Gasteiger partial charge is 0.497 e. The van der Waals surface area contributed by atoms with Gasteiger partial charge in [-0.2, -0.15) is 0 Å². The summed E-state index contributed by atoms with van der Waals surface area (Å²) in [5, 5.41) is 9.24. The van der Waals surface area contributed by atoms with Crippen LogP contribution in [0.5, 0.6) is 5.75 Å². The second kappa shape index (κ2) is 4.89. The topological polar surface area (TPSA) is 47.3 Å². The highest BCUT2D eigenvalue weighted by molar-refractivity contribution is 9.10. The van der Waals surface area contributed by atoms with E-state index in [9.17, 15) is 5.11 Å². The number of aliphatic hydroxyl groups is 1. The number of hydrogen-bond acceptors (Lipinski definition) is 3. The van der Waals surface area contributed by atoms with Crippen molar-refractivity contribution in [1.82, 2.24) is 9.55 Å². The molecular weight excluding hydrogens is 284 g/mol. The molecule has 0 saturated heterocycles. The van der Waals surface area contributed by atoms with Gasteiger partial charge in [-0.1, -0.05) is 12.1 Å². The first-order chi connectivity index (χ1) is 8.17. The lowest BCUT2D eigenvalue weighted by Crippen LogP contribution is -1.98. The van der Waals surface area contributed by atoms with Gasteiger partial charge in [-0.05, 0) is 28.1 Å². The van der Waals surface area contributed by atoms with Crippen LogP contribution in [0.15, 0.2) is 28.9 Å². The number of halogens is 1. The van der Waals surface area contributed by atoms with Crippen molar-refractivity contribution in [2.45, 2.75) is 6.61 Å². The van der Waals surface area contributed by atoms with E-state index < -0.39 is 0 Å². The van der Waals surface area contributed by atoms with Gasteiger partial charge in [-0.15, -0.1) is 0 Å². The maximum Gasteiger partial charge on any atom is 0.141 e. The second-order valence-electron chi connectivity index (χ2n) is 3.62. The standard InChI is InChI=1S/C12H13BrN2O2/c1-15-10(7-16)11(13)14-12(15)8-4-3-5-9(6-8)17-2/h3-6,16H,7H2,1-2H3. The van der Waals surface area contributed by atoms with Crippen molar-refractivity contribution in [3.05, 3.63) is 34.6 Å². The summed E-state index contributed by atoms with van der Waals surface area (Å²) in [5.41, 5.74) is 1.70. The van der Waals surface area contributed by atoms with Crippen molar-refractivity contribution in [3.63, 3.8) is 0 Å². The van der Waals surface area contributed by atoms with Gasteiger partial charge >= 0.3 is 0 Å². The molecule has 1 aromatic carbocycles. The Kier molecular flexibility index (Phi) is 3.49. The summed E-state index contributed by atoms with van der Waals surface area (Å²) in [7, 11) is 3.50. The van der Waals surface area contributed by atoms with Crippen LogP contribution in [0, 0.1) is 0 Å². The maximum atomic E-state index is 9.24. The molecule has 0 spiro atoms. The van der Waals surface area contributed by atoms with Gasteiger partial charge in [0.1, 0.15) is 16.2 Å². The minimum absolute atomic E-state index is 0.0476. The molecule has 0 aliphatic heterocycles. The van der Waals surface area contributed by atoms with Gasteiger partial charge in [0.25, 0.3) is 0 Å². The van der Waals surface area contributed by atoms with E-state index in [2.05, 4.69) is 20.9 Å². The first-order valence-electron chi connectivity index (χ1n) is 5.13. The fourth-order valence-corrected chi connectivity index (χ4v) is 2.25. The Morgan fingerprint density at radius 2 is 2.24 bits per heavy atom. The van der Waals surface area contributed by atoms with E-state index in [1.54, 1.807) is 7.11 Å². The highest BCUT2D eigenvalue weighted by Crippen LogP contribution is 2.27. The van der Waals surface area contributed by atoms with E-state index in [0.29, 0.717) is 4.60 Å². The number of nitrogens with zero attached hydrogens (tertiary/aromatic N) is 2. The summed E-state index contributed by atoms with van der Waals surface area (Å²) >= 11 is 3.34. The summed E-state index contributed by atoms with van der Waals surface area (Å²) in [6.07, 6.45) is 0. The minimum Gasteiger partial charge on any atom is -0.497 e. The molecule has 1 N–H and O–H groups in total. The van der Waals surface area contributed by atoms with Crippen molar-refractivity contribution < 1.29 is 9.84 Å². The molecule has 17 heavy (non-hydrogen) atoms. The molecule has 0 aliphatic carbocycles. The predicted molar refractivity (Wildman–Crippen MR) is 68.8 cm³/mol. The molecular formula is C12H13BrN2O2. The molecule has 5 heteroatoms. The first kappa shape index (κ1) is 12.1. The molecule has 4 nitrogen and oxygen atoms in total. The highest BCUT2D eigenvalue weighted by atomic mass is 79.9. The van der Waals surface area contributed by atoms with Crippen LogP contribution in [-0.2, 0) is 13.7 Å². The second-order valence-corrected chi connectivity index (χ2v) is 4.37. The first-order valence-corrected chi connectivity index (χ1v) is 5.93. The third kappa shape index (κ3) is 2.21. The van der Waals surface area contributed by atoms with Gasteiger partial charge in [-0.3, -0.25) is 0 Å². The molecule has 0 unspecified atom stereocenters. The third-order valence-electron chi connectivity index (χ3n) is 2.64. The van der Waals surface area contributed by atoms with E-state index in [0.717, 1.165) is 22.8 Å². The number of benzene rings is 1. The molecule has 1 heterocycles. The van der Waals surface area contributed by atoms with E-state index in [4.69, 9.17) is 4.74 Å². The number of methoxy groups -OCH3 is 1. The zero-order chi connectivity index (χ0) is 12.4. The molecule has 1 aromatic heterocycles. The number of hydrogen-bond donors (Lipinski definition) is 1. The fourth-order valence-electron chi connectivity index (χ4n) is 1.69. The maximum absolute atomic E-state index is 9.24. The lowest BCUT2D eigenvalue weighted by atomic mass is 10.2. The zero-order valence-corrected chi connectivity index (χ0v) is 11.2. The Hall–Kier alpha value is -1.33. The van der Waals surface area contributed by atoms with Crippen LogP contribution >= 0.6 is 15.9 Å². The van der Waals surface area contributed by atoms with Crippen LogP contribution in [0.25, 0.3) is 11.4 Å². The van der Waals surface area contributed by atoms with Crippen molar-refractivity contribution >= 4 is 15.9 Å². The van der Waals surface area contributed by atoms with E-state index in [1.807, 2.05) is 35.9 Å².